The molecule has 0 unspecified atom stereocenters. The van der Waals surface area contributed by atoms with Crippen LogP contribution in [0.15, 0.2) is 66.7 Å². The third kappa shape index (κ3) is 3.98. The molecule has 0 radical (unpaired) electrons. The predicted octanol–water partition coefficient (Wildman–Crippen LogP) is 3.92. The quantitative estimate of drug-likeness (QED) is 0.730. The lowest BCUT2D eigenvalue weighted by molar-refractivity contribution is -0.139. The fourth-order valence-electron chi connectivity index (χ4n) is 2.72. The van der Waals surface area contributed by atoms with Gasteiger partial charge in [0.2, 0.25) is 0 Å². The number of hydrogen-bond donors (Lipinski definition) is 2. The van der Waals surface area contributed by atoms with Crippen LogP contribution in [0.2, 0.25) is 5.02 Å². The maximum Gasteiger partial charge on any atom is 0.326 e. The van der Waals surface area contributed by atoms with Gasteiger partial charge in [-0.25, -0.2) is 4.79 Å². The van der Waals surface area contributed by atoms with Crippen LogP contribution in [0.25, 0.3) is 10.8 Å². The molecule has 4 nitrogen and oxygen atoms in total. The van der Waals surface area contributed by atoms with Crippen molar-refractivity contribution in [1.82, 2.24) is 5.32 Å². The molecule has 3 aromatic carbocycles. The normalized spacial score (nSPS) is 11.9. The summed E-state index contributed by atoms with van der Waals surface area (Å²) < 4.78 is 0. The van der Waals surface area contributed by atoms with Crippen LogP contribution in [0.5, 0.6) is 0 Å². The molecule has 0 heterocycles. The Hall–Kier alpha value is -2.85. The van der Waals surface area contributed by atoms with Crippen molar-refractivity contribution in [2.75, 3.05) is 0 Å². The third-order valence-electron chi connectivity index (χ3n) is 3.99. The molecule has 126 valence electrons. The summed E-state index contributed by atoms with van der Waals surface area (Å²) in [6, 6.07) is 18.8. The molecule has 0 fully saturated rings. The smallest absolute Gasteiger partial charge is 0.326 e. The molecule has 0 bridgehead atoms. The van der Waals surface area contributed by atoms with Crippen molar-refractivity contribution in [1.29, 1.82) is 0 Å². The zero-order chi connectivity index (χ0) is 17.8. The first-order valence-corrected chi connectivity index (χ1v) is 8.18. The molecule has 0 aromatic heterocycles. The lowest BCUT2D eigenvalue weighted by Crippen LogP contribution is -2.42. The first-order valence-electron chi connectivity index (χ1n) is 7.80. The minimum absolute atomic E-state index is 0.184. The van der Waals surface area contributed by atoms with Crippen LogP contribution < -0.4 is 5.32 Å². The van der Waals surface area contributed by atoms with E-state index in [2.05, 4.69) is 5.32 Å². The second kappa shape index (κ2) is 7.36. The monoisotopic (exact) mass is 353 g/mol. The highest BCUT2D eigenvalue weighted by atomic mass is 35.5. The molecular weight excluding hydrogens is 338 g/mol. The molecule has 25 heavy (non-hydrogen) atoms. The molecule has 0 saturated carbocycles. The van der Waals surface area contributed by atoms with Gasteiger partial charge >= 0.3 is 5.97 Å². The fraction of sp³-hybridized carbons (Fsp3) is 0.100. The number of fused-ring (bicyclic) bond motifs is 1. The maximum atomic E-state index is 12.6. The van der Waals surface area contributed by atoms with Crippen LogP contribution in [0.3, 0.4) is 0 Å². The van der Waals surface area contributed by atoms with E-state index in [-0.39, 0.29) is 6.42 Å². The maximum absolute atomic E-state index is 12.6. The first kappa shape index (κ1) is 17.0. The summed E-state index contributed by atoms with van der Waals surface area (Å²) in [4.78, 5) is 24.2. The average molecular weight is 354 g/mol. The molecule has 0 aliphatic rings. The highest BCUT2D eigenvalue weighted by Crippen LogP contribution is 2.19. The van der Waals surface area contributed by atoms with Gasteiger partial charge in [0.25, 0.3) is 5.91 Å². The van der Waals surface area contributed by atoms with E-state index in [9.17, 15) is 14.7 Å². The Balaban J connectivity index is 1.83. The number of carboxylic acids is 1. The number of aliphatic carboxylic acids is 1. The largest absolute Gasteiger partial charge is 0.480 e. The Morgan fingerprint density at radius 3 is 2.36 bits per heavy atom. The summed E-state index contributed by atoms with van der Waals surface area (Å²) in [6.07, 6.45) is 0.184. The van der Waals surface area contributed by atoms with E-state index in [1.165, 1.54) is 0 Å². The molecule has 1 amide bonds. The SMILES string of the molecule is O=C(N[C@H](Cc1ccc(Cl)cc1)C(=O)O)c1cccc2ccccc12. The number of rotatable bonds is 5. The van der Waals surface area contributed by atoms with E-state index in [1.807, 2.05) is 30.3 Å². The second-order valence-corrected chi connectivity index (χ2v) is 6.16. The van der Waals surface area contributed by atoms with E-state index < -0.39 is 17.9 Å². The predicted molar refractivity (Wildman–Crippen MR) is 98.0 cm³/mol. The van der Waals surface area contributed by atoms with Crippen molar-refractivity contribution in [3.05, 3.63) is 82.9 Å². The van der Waals surface area contributed by atoms with E-state index >= 15 is 0 Å². The second-order valence-electron chi connectivity index (χ2n) is 5.72. The van der Waals surface area contributed by atoms with Gasteiger partial charge < -0.3 is 10.4 Å². The summed E-state index contributed by atoms with van der Waals surface area (Å²) >= 11 is 5.84. The van der Waals surface area contributed by atoms with Gasteiger partial charge in [-0.15, -0.1) is 0 Å². The van der Waals surface area contributed by atoms with Gasteiger partial charge in [0.1, 0.15) is 6.04 Å². The Bertz CT molecular complexity index is 916. The lowest BCUT2D eigenvalue weighted by Gasteiger charge is -2.15. The molecule has 0 spiro atoms. The number of carboxylic acid groups (broad SMARTS) is 1. The topological polar surface area (TPSA) is 66.4 Å². The van der Waals surface area contributed by atoms with E-state index in [0.29, 0.717) is 10.6 Å². The fourth-order valence-corrected chi connectivity index (χ4v) is 2.84. The van der Waals surface area contributed by atoms with Crippen LogP contribution in [0, 0.1) is 0 Å². The Morgan fingerprint density at radius 2 is 1.64 bits per heavy atom. The minimum Gasteiger partial charge on any atom is -0.480 e. The third-order valence-corrected chi connectivity index (χ3v) is 4.24. The lowest BCUT2D eigenvalue weighted by atomic mass is 10.0. The summed E-state index contributed by atoms with van der Waals surface area (Å²) in [5.74, 6) is -1.48. The highest BCUT2D eigenvalue weighted by molar-refractivity contribution is 6.30. The van der Waals surface area contributed by atoms with Crippen LogP contribution in [-0.2, 0) is 11.2 Å². The van der Waals surface area contributed by atoms with E-state index in [4.69, 9.17) is 11.6 Å². The zero-order valence-corrected chi connectivity index (χ0v) is 14.0. The van der Waals surface area contributed by atoms with Gasteiger partial charge in [-0.3, -0.25) is 4.79 Å². The Kier molecular flexibility index (Phi) is 5.00. The molecule has 0 aliphatic carbocycles. The molecule has 1 atom stereocenters. The van der Waals surface area contributed by atoms with Gasteiger partial charge in [-0.05, 0) is 34.5 Å². The van der Waals surface area contributed by atoms with Gasteiger partial charge in [-0.1, -0.05) is 60.1 Å². The Morgan fingerprint density at radius 1 is 0.960 bits per heavy atom. The van der Waals surface area contributed by atoms with Gasteiger partial charge in [0.15, 0.2) is 0 Å². The van der Waals surface area contributed by atoms with Crippen molar-refractivity contribution in [2.24, 2.45) is 0 Å². The first-order chi connectivity index (χ1) is 12.0. The highest BCUT2D eigenvalue weighted by Gasteiger charge is 2.22. The minimum atomic E-state index is -1.08. The number of amides is 1. The number of carbonyl (C=O) groups excluding carboxylic acids is 1. The van der Waals surface area contributed by atoms with Crippen LogP contribution in [-0.4, -0.2) is 23.0 Å². The Labute approximate surface area is 150 Å². The number of halogens is 1. The van der Waals surface area contributed by atoms with E-state index in [0.717, 1.165) is 16.3 Å². The summed E-state index contributed by atoms with van der Waals surface area (Å²) in [5.41, 5.74) is 1.25. The molecule has 5 heteroatoms. The zero-order valence-electron chi connectivity index (χ0n) is 13.3. The molecular formula is C20H16ClNO3. The number of hydrogen-bond acceptors (Lipinski definition) is 2. The van der Waals surface area contributed by atoms with E-state index in [1.54, 1.807) is 36.4 Å². The van der Waals surface area contributed by atoms with Gasteiger partial charge in [0, 0.05) is 17.0 Å². The van der Waals surface area contributed by atoms with Gasteiger partial charge in [-0.2, -0.15) is 0 Å². The summed E-state index contributed by atoms with van der Waals surface area (Å²) in [7, 11) is 0. The standard InChI is InChI=1S/C20H16ClNO3/c21-15-10-8-13(9-11-15)12-18(20(24)25)22-19(23)17-7-3-5-14-4-1-2-6-16(14)17/h1-11,18H,12H2,(H,22,23)(H,24,25)/t18-/m1/s1. The van der Waals surface area contributed by atoms with Gasteiger partial charge in [0.05, 0.1) is 0 Å². The molecule has 0 saturated heterocycles. The molecule has 0 aliphatic heterocycles. The number of carbonyl (C=O) groups is 2. The van der Waals surface area contributed by atoms with Crippen LogP contribution >= 0.6 is 11.6 Å². The molecule has 2 N–H and O–H groups in total. The van der Waals surface area contributed by atoms with Crippen molar-refractivity contribution < 1.29 is 14.7 Å². The number of nitrogens with one attached hydrogen (secondary N) is 1. The summed E-state index contributed by atoms with van der Waals surface area (Å²) in [5, 5.41) is 14.4. The van der Waals surface area contributed by atoms with Crippen molar-refractivity contribution in [3.8, 4) is 0 Å². The molecule has 3 rings (SSSR count). The summed E-state index contributed by atoms with van der Waals surface area (Å²) in [6.45, 7) is 0. The van der Waals surface area contributed by atoms with Crippen molar-refractivity contribution in [3.63, 3.8) is 0 Å². The molecule has 3 aromatic rings. The number of benzene rings is 3. The van der Waals surface area contributed by atoms with Crippen molar-refractivity contribution >= 4 is 34.2 Å². The van der Waals surface area contributed by atoms with Crippen LogP contribution in [0.1, 0.15) is 15.9 Å². The average Bonchev–Trinajstić information content (AvgIpc) is 2.62. The van der Waals surface area contributed by atoms with Crippen LogP contribution in [0.4, 0.5) is 0 Å². The van der Waals surface area contributed by atoms with Crippen molar-refractivity contribution in [2.45, 2.75) is 12.5 Å².